The Hall–Kier alpha value is -1.64. The Kier molecular flexibility index (Phi) is 4.32. The summed E-state index contributed by atoms with van der Waals surface area (Å²) in [5.74, 6) is 0.0425. The van der Waals surface area contributed by atoms with Gasteiger partial charge in [0, 0.05) is 44.4 Å². The van der Waals surface area contributed by atoms with E-state index in [-0.39, 0.29) is 12.4 Å². The Morgan fingerprint density at radius 3 is 2.77 bits per heavy atom. The first-order valence-electron chi connectivity index (χ1n) is 7.25. The summed E-state index contributed by atoms with van der Waals surface area (Å²) < 4.78 is 30.8. The van der Waals surface area contributed by atoms with Gasteiger partial charge in [-0.25, -0.2) is 8.42 Å². The van der Waals surface area contributed by atoms with E-state index < -0.39 is 10.0 Å². The highest BCUT2D eigenvalue weighted by Crippen LogP contribution is 2.26. The van der Waals surface area contributed by atoms with E-state index in [1.165, 1.54) is 7.11 Å². The molecule has 3 rings (SSSR count). The van der Waals surface area contributed by atoms with Gasteiger partial charge >= 0.3 is 0 Å². The molecule has 1 aromatic carbocycles. The minimum Gasteiger partial charge on any atom is -0.384 e. The predicted octanol–water partition coefficient (Wildman–Crippen LogP) is 0.661. The minimum atomic E-state index is -3.22. The number of nitrogens with one attached hydrogen (secondary N) is 1. The number of methoxy groups -OCH3 is 1. The fourth-order valence-electron chi connectivity index (χ4n) is 2.75. The smallest absolute Gasteiger partial charge is 0.216 e. The molecular formula is C14H20N4O3S. The van der Waals surface area contributed by atoms with Gasteiger partial charge in [0.15, 0.2) is 0 Å². The molecule has 7 nitrogen and oxygen atoms in total. The lowest BCUT2D eigenvalue weighted by Gasteiger charge is -2.35. The summed E-state index contributed by atoms with van der Waals surface area (Å²) in [6, 6.07) is 6.02. The lowest BCUT2D eigenvalue weighted by atomic mass is 10.2. The van der Waals surface area contributed by atoms with Crippen LogP contribution >= 0.6 is 0 Å². The van der Waals surface area contributed by atoms with E-state index in [9.17, 15) is 8.42 Å². The molecule has 2 aromatic rings. The fourth-order valence-corrected chi connectivity index (χ4v) is 4.11. The van der Waals surface area contributed by atoms with Crippen LogP contribution in [0.1, 0.15) is 0 Å². The summed E-state index contributed by atoms with van der Waals surface area (Å²) >= 11 is 0. The van der Waals surface area contributed by atoms with Crippen molar-refractivity contribution in [2.24, 2.45) is 0 Å². The number of hydrogen-bond donors (Lipinski definition) is 1. The van der Waals surface area contributed by atoms with Gasteiger partial charge in [-0.2, -0.15) is 9.40 Å². The van der Waals surface area contributed by atoms with Gasteiger partial charge in [0.05, 0.1) is 24.1 Å². The van der Waals surface area contributed by atoms with Crippen LogP contribution in [0.4, 0.5) is 5.69 Å². The van der Waals surface area contributed by atoms with Crippen LogP contribution in [0.15, 0.2) is 24.4 Å². The maximum Gasteiger partial charge on any atom is 0.216 e. The Labute approximate surface area is 129 Å². The highest BCUT2D eigenvalue weighted by Gasteiger charge is 2.27. The van der Waals surface area contributed by atoms with Crippen molar-refractivity contribution < 1.29 is 13.2 Å². The van der Waals surface area contributed by atoms with Crippen molar-refractivity contribution in [2.75, 3.05) is 50.5 Å². The van der Waals surface area contributed by atoms with Crippen LogP contribution in [0.25, 0.3) is 10.9 Å². The normalized spacial score (nSPS) is 17.2. The van der Waals surface area contributed by atoms with E-state index in [1.807, 2.05) is 24.4 Å². The maximum atomic E-state index is 12.2. The summed E-state index contributed by atoms with van der Waals surface area (Å²) in [6.45, 7) is 2.59. The quantitative estimate of drug-likeness (QED) is 0.874. The molecule has 0 atom stereocenters. The van der Waals surface area contributed by atoms with Crippen LogP contribution in [0.2, 0.25) is 0 Å². The van der Waals surface area contributed by atoms with Crippen molar-refractivity contribution >= 4 is 26.6 Å². The summed E-state index contributed by atoms with van der Waals surface area (Å²) in [5, 5.41) is 8.10. The second kappa shape index (κ2) is 6.23. The Balaban J connectivity index is 1.71. The van der Waals surface area contributed by atoms with Gasteiger partial charge in [-0.1, -0.05) is 6.07 Å². The molecule has 0 amide bonds. The third-order valence-electron chi connectivity index (χ3n) is 3.98. The third kappa shape index (κ3) is 2.94. The Morgan fingerprint density at radius 2 is 2.05 bits per heavy atom. The van der Waals surface area contributed by atoms with E-state index >= 15 is 0 Å². The van der Waals surface area contributed by atoms with E-state index in [2.05, 4.69) is 15.1 Å². The maximum absolute atomic E-state index is 12.2. The van der Waals surface area contributed by atoms with Crippen molar-refractivity contribution in [3.63, 3.8) is 0 Å². The number of aromatic amines is 1. The zero-order valence-corrected chi connectivity index (χ0v) is 13.3. The SMILES string of the molecule is COCCS(=O)(=O)N1CCN(c2cccc3[nH]ncc23)CC1. The van der Waals surface area contributed by atoms with Gasteiger partial charge in [-0.3, -0.25) is 5.10 Å². The zero-order chi connectivity index (χ0) is 15.6. The fraction of sp³-hybridized carbons (Fsp3) is 0.500. The first kappa shape index (κ1) is 15.3. The zero-order valence-electron chi connectivity index (χ0n) is 12.5. The average Bonchev–Trinajstić information content (AvgIpc) is 3.01. The van der Waals surface area contributed by atoms with Crippen molar-refractivity contribution in [1.82, 2.24) is 14.5 Å². The van der Waals surface area contributed by atoms with E-state index in [0.29, 0.717) is 26.2 Å². The predicted molar refractivity (Wildman–Crippen MR) is 85.5 cm³/mol. The topological polar surface area (TPSA) is 78.5 Å². The molecule has 1 aliphatic heterocycles. The summed E-state index contributed by atoms with van der Waals surface area (Å²) in [5.41, 5.74) is 2.09. The molecule has 1 N–H and O–H groups in total. The number of nitrogens with zero attached hydrogens (tertiary/aromatic N) is 3. The van der Waals surface area contributed by atoms with Gasteiger partial charge in [0.25, 0.3) is 0 Å². The van der Waals surface area contributed by atoms with E-state index in [1.54, 1.807) is 4.31 Å². The number of hydrogen-bond acceptors (Lipinski definition) is 5. The molecule has 1 aromatic heterocycles. The number of anilines is 1. The molecule has 1 aliphatic rings. The molecule has 0 aliphatic carbocycles. The van der Waals surface area contributed by atoms with Crippen LogP contribution < -0.4 is 4.90 Å². The molecular weight excluding hydrogens is 304 g/mol. The Morgan fingerprint density at radius 1 is 1.27 bits per heavy atom. The number of fused-ring (bicyclic) bond motifs is 1. The first-order valence-corrected chi connectivity index (χ1v) is 8.86. The number of piperazine rings is 1. The highest BCUT2D eigenvalue weighted by atomic mass is 32.2. The van der Waals surface area contributed by atoms with E-state index in [0.717, 1.165) is 16.6 Å². The van der Waals surface area contributed by atoms with Gasteiger partial charge in [-0.15, -0.1) is 0 Å². The van der Waals surface area contributed by atoms with Crippen LogP contribution in [-0.4, -0.2) is 68.6 Å². The summed E-state index contributed by atoms with van der Waals surface area (Å²) in [4.78, 5) is 2.21. The molecule has 1 fully saturated rings. The molecule has 2 heterocycles. The van der Waals surface area contributed by atoms with Crippen molar-refractivity contribution in [2.45, 2.75) is 0 Å². The second-order valence-electron chi connectivity index (χ2n) is 5.30. The molecule has 22 heavy (non-hydrogen) atoms. The molecule has 0 spiro atoms. The molecule has 0 saturated carbocycles. The van der Waals surface area contributed by atoms with Crippen LogP contribution in [0.5, 0.6) is 0 Å². The van der Waals surface area contributed by atoms with Gasteiger partial charge in [0.1, 0.15) is 0 Å². The minimum absolute atomic E-state index is 0.0425. The van der Waals surface area contributed by atoms with Crippen molar-refractivity contribution in [3.8, 4) is 0 Å². The third-order valence-corrected chi connectivity index (χ3v) is 5.81. The molecule has 0 radical (unpaired) electrons. The number of aromatic nitrogens is 2. The van der Waals surface area contributed by atoms with Gasteiger partial charge < -0.3 is 9.64 Å². The van der Waals surface area contributed by atoms with E-state index in [4.69, 9.17) is 4.74 Å². The van der Waals surface area contributed by atoms with Crippen LogP contribution in [-0.2, 0) is 14.8 Å². The lowest BCUT2D eigenvalue weighted by Crippen LogP contribution is -2.49. The number of H-pyrrole nitrogens is 1. The molecule has 120 valence electrons. The summed E-state index contributed by atoms with van der Waals surface area (Å²) in [7, 11) is -1.71. The largest absolute Gasteiger partial charge is 0.384 e. The number of sulfonamides is 1. The number of benzene rings is 1. The molecule has 0 unspecified atom stereocenters. The van der Waals surface area contributed by atoms with Gasteiger partial charge in [0.2, 0.25) is 10.0 Å². The summed E-state index contributed by atoms with van der Waals surface area (Å²) in [6.07, 6.45) is 1.81. The van der Waals surface area contributed by atoms with Gasteiger partial charge in [-0.05, 0) is 12.1 Å². The van der Waals surface area contributed by atoms with Crippen molar-refractivity contribution in [3.05, 3.63) is 24.4 Å². The second-order valence-corrected chi connectivity index (χ2v) is 7.39. The average molecular weight is 324 g/mol. The van der Waals surface area contributed by atoms with Crippen LogP contribution in [0.3, 0.4) is 0 Å². The standard InChI is InChI=1S/C14H20N4O3S/c1-21-9-10-22(19,20)18-7-5-17(6-8-18)14-4-2-3-13-12(14)11-15-16-13/h2-4,11H,5-10H2,1H3,(H,15,16). The van der Waals surface area contributed by atoms with Crippen LogP contribution in [0, 0.1) is 0 Å². The number of ether oxygens (including phenoxy) is 1. The molecule has 0 bridgehead atoms. The lowest BCUT2D eigenvalue weighted by molar-refractivity contribution is 0.215. The van der Waals surface area contributed by atoms with Crippen molar-refractivity contribution in [1.29, 1.82) is 0 Å². The number of rotatable bonds is 5. The monoisotopic (exact) mass is 324 g/mol. The molecule has 8 heteroatoms. The molecule has 1 saturated heterocycles. The first-order chi connectivity index (χ1) is 10.6. The Bertz CT molecular complexity index is 735. The highest BCUT2D eigenvalue weighted by molar-refractivity contribution is 7.89.